The summed E-state index contributed by atoms with van der Waals surface area (Å²) in [6, 6.07) is 13.4. The topological polar surface area (TPSA) is 38.7 Å². The molecule has 2 aromatic rings. The molecular formula is C22H28Cl3N3O. The van der Waals surface area contributed by atoms with E-state index in [1.807, 2.05) is 43.3 Å². The van der Waals surface area contributed by atoms with E-state index in [1.165, 1.54) is 0 Å². The fraction of sp³-hybridized carbons (Fsp3) is 0.455. The first-order valence-corrected chi connectivity index (χ1v) is 11.1. The molecule has 0 radical (unpaired) electrons. The van der Waals surface area contributed by atoms with Crippen molar-refractivity contribution in [3.8, 4) is 0 Å². The number of rotatable bonds is 7. The van der Waals surface area contributed by atoms with E-state index in [0.29, 0.717) is 21.6 Å². The van der Waals surface area contributed by atoms with Crippen LogP contribution in [0.5, 0.6) is 0 Å². The van der Waals surface area contributed by atoms with Gasteiger partial charge >= 0.3 is 0 Å². The molecule has 0 bridgehead atoms. The Labute approximate surface area is 188 Å². The first-order valence-electron chi connectivity index (χ1n) is 9.92. The van der Waals surface area contributed by atoms with Crippen LogP contribution < -0.4 is 5.32 Å². The van der Waals surface area contributed by atoms with Crippen molar-refractivity contribution in [2.75, 3.05) is 20.1 Å². The molecule has 2 atom stereocenters. The molecule has 1 heterocycles. The highest BCUT2D eigenvalue weighted by molar-refractivity contribution is 6.42. The van der Waals surface area contributed by atoms with Gasteiger partial charge in [-0.25, -0.2) is 0 Å². The fourth-order valence-electron chi connectivity index (χ4n) is 3.83. The maximum Gasteiger partial charge on any atom is 0.164 e. The molecule has 0 aliphatic carbocycles. The van der Waals surface area contributed by atoms with Gasteiger partial charge in [0.15, 0.2) is 6.35 Å². The molecule has 3 rings (SSSR count). The number of halogens is 3. The van der Waals surface area contributed by atoms with Gasteiger partial charge < -0.3 is 10.0 Å². The Balaban J connectivity index is 1.78. The third-order valence-electron chi connectivity index (χ3n) is 5.63. The smallest absolute Gasteiger partial charge is 0.164 e. The van der Waals surface area contributed by atoms with Gasteiger partial charge in [-0.2, -0.15) is 0 Å². The second kappa shape index (κ2) is 10.5. The lowest BCUT2D eigenvalue weighted by Crippen LogP contribution is -2.53. The molecule has 1 saturated heterocycles. The van der Waals surface area contributed by atoms with Crippen LogP contribution in [0.1, 0.15) is 36.9 Å². The van der Waals surface area contributed by atoms with Gasteiger partial charge in [-0.1, -0.05) is 65.1 Å². The van der Waals surface area contributed by atoms with Crippen LogP contribution in [0.15, 0.2) is 42.5 Å². The number of nitrogens with one attached hydrogen (secondary N) is 1. The second-order valence-electron chi connectivity index (χ2n) is 7.70. The van der Waals surface area contributed by atoms with Crippen molar-refractivity contribution in [2.45, 2.75) is 44.7 Å². The highest BCUT2D eigenvalue weighted by atomic mass is 35.5. The lowest BCUT2D eigenvalue weighted by atomic mass is 10.0. The van der Waals surface area contributed by atoms with Gasteiger partial charge in [0.1, 0.15) is 0 Å². The Morgan fingerprint density at radius 1 is 1.07 bits per heavy atom. The number of hydrogen-bond donors (Lipinski definition) is 2. The Morgan fingerprint density at radius 2 is 1.72 bits per heavy atom. The summed E-state index contributed by atoms with van der Waals surface area (Å²) < 4.78 is 0. The quantitative estimate of drug-likeness (QED) is 0.564. The lowest BCUT2D eigenvalue weighted by Gasteiger charge is -2.41. The van der Waals surface area contributed by atoms with Gasteiger partial charge in [-0.3, -0.25) is 10.2 Å². The molecule has 0 spiro atoms. The van der Waals surface area contributed by atoms with Gasteiger partial charge in [0, 0.05) is 23.7 Å². The van der Waals surface area contributed by atoms with Crippen molar-refractivity contribution < 1.29 is 5.11 Å². The normalized spacial score (nSPS) is 18.2. The molecule has 0 saturated carbocycles. The van der Waals surface area contributed by atoms with Crippen LogP contribution in [0.4, 0.5) is 0 Å². The van der Waals surface area contributed by atoms with E-state index in [-0.39, 0.29) is 12.1 Å². The van der Waals surface area contributed by atoms with Crippen LogP contribution in [-0.2, 0) is 6.54 Å². The predicted molar refractivity (Wildman–Crippen MR) is 122 cm³/mol. The van der Waals surface area contributed by atoms with Gasteiger partial charge in [0.05, 0.1) is 10.0 Å². The predicted octanol–water partition coefficient (Wildman–Crippen LogP) is 5.17. The summed E-state index contributed by atoms with van der Waals surface area (Å²) >= 11 is 18.9. The van der Waals surface area contributed by atoms with Gasteiger partial charge in [-0.05, 0) is 63.2 Å². The van der Waals surface area contributed by atoms with Crippen molar-refractivity contribution in [3.05, 3.63) is 68.7 Å². The van der Waals surface area contributed by atoms with E-state index in [0.717, 1.165) is 37.1 Å². The maximum atomic E-state index is 11.2. The fourth-order valence-corrected chi connectivity index (χ4v) is 4.50. The van der Waals surface area contributed by atoms with Gasteiger partial charge in [0.2, 0.25) is 0 Å². The van der Waals surface area contributed by atoms with Crippen molar-refractivity contribution in [1.82, 2.24) is 15.1 Å². The zero-order valence-electron chi connectivity index (χ0n) is 16.8. The third-order valence-corrected chi connectivity index (χ3v) is 6.83. The van der Waals surface area contributed by atoms with E-state index in [2.05, 4.69) is 22.2 Å². The molecule has 1 aliphatic heterocycles. The molecule has 4 nitrogen and oxygen atoms in total. The highest BCUT2D eigenvalue weighted by Gasteiger charge is 2.29. The van der Waals surface area contributed by atoms with Gasteiger partial charge in [0.25, 0.3) is 0 Å². The number of aliphatic hydroxyl groups excluding tert-OH is 1. The van der Waals surface area contributed by atoms with Crippen LogP contribution in [-0.4, -0.2) is 47.4 Å². The van der Waals surface area contributed by atoms with Crippen LogP contribution in [0.2, 0.25) is 15.1 Å². The summed E-state index contributed by atoms with van der Waals surface area (Å²) in [5.74, 6) is 0. The Morgan fingerprint density at radius 3 is 2.41 bits per heavy atom. The standard InChI is InChI=1S/C22H28Cl3N3O/c1-15(18-7-5-9-20(24)21(18)25)26-22(29)28(17-10-12-27(2)13-11-17)14-16-6-3-4-8-19(16)23/h3-9,15,17,22,26,29H,10-14H2,1-2H3. The zero-order valence-corrected chi connectivity index (χ0v) is 19.1. The van der Waals surface area contributed by atoms with Crippen molar-refractivity contribution in [2.24, 2.45) is 0 Å². The molecule has 2 unspecified atom stereocenters. The van der Waals surface area contributed by atoms with Gasteiger partial charge in [-0.15, -0.1) is 0 Å². The molecule has 2 N–H and O–H groups in total. The number of aliphatic hydroxyl groups is 1. The number of nitrogens with zero attached hydrogens (tertiary/aromatic N) is 2. The Bertz CT molecular complexity index is 812. The van der Waals surface area contributed by atoms with E-state index < -0.39 is 6.35 Å². The largest absolute Gasteiger partial charge is 0.365 e. The zero-order chi connectivity index (χ0) is 21.0. The molecule has 1 fully saturated rings. The number of hydrogen-bond acceptors (Lipinski definition) is 4. The molecule has 0 aromatic heterocycles. The molecule has 7 heteroatoms. The average molecular weight is 457 g/mol. The Hall–Kier alpha value is -0.850. The minimum Gasteiger partial charge on any atom is -0.365 e. The number of piperidine rings is 1. The summed E-state index contributed by atoms with van der Waals surface area (Å²) in [7, 11) is 2.13. The minimum atomic E-state index is -0.843. The summed E-state index contributed by atoms with van der Waals surface area (Å²) in [4.78, 5) is 4.42. The van der Waals surface area contributed by atoms with Crippen molar-refractivity contribution in [1.29, 1.82) is 0 Å². The molecule has 0 amide bonds. The maximum absolute atomic E-state index is 11.2. The first kappa shape index (κ1) is 22.8. The average Bonchev–Trinajstić information content (AvgIpc) is 2.70. The van der Waals surface area contributed by atoms with E-state index in [1.54, 1.807) is 6.07 Å². The molecule has 29 heavy (non-hydrogen) atoms. The second-order valence-corrected chi connectivity index (χ2v) is 8.90. The first-order chi connectivity index (χ1) is 13.9. The number of benzene rings is 2. The van der Waals surface area contributed by atoms with Crippen molar-refractivity contribution >= 4 is 34.8 Å². The van der Waals surface area contributed by atoms with Crippen LogP contribution in [0.25, 0.3) is 0 Å². The summed E-state index contributed by atoms with van der Waals surface area (Å²) in [6.45, 7) is 4.56. The molecular weight excluding hydrogens is 429 g/mol. The van der Waals surface area contributed by atoms with Crippen LogP contribution in [0.3, 0.4) is 0 Å². The monoisotopic (exact) mass is 455 g/mol. The SMILES string of the molecule is CC(NC(O)N(Cc1ccccc1Cl)C1CCN(C)CC1)c1cccc(Cl)c1Cl. The van der Waals surface area contributed by atoms with E-state index in [9.17, 15) is 5.11 Å². The molecule has 158 valence electrons. The number of likely N-dealkylation sites (tertiary alicyclic amines) is 1. The summed E-state index contributed by atoms with van der Waals surface area (Å²) in [5, 5.41) is 16.2. The summed E-state index contributed by atoms with van der Waals surface area (Å²) in [5.41, 5.74) is 1.86. The van der Waals surface area contributed by atoms with E-state index >= 15 is 0 Å². The summed E-state index contributed by atoms with van der Waals surface area (Å²) in [6.07, 6.45) is 1.14. The van der Waals surface area contributed by atoms with E-state index in [4.69, 9.17) is 34.8 Å². The van der Waals surface area contributed by atoms with Crippen molar-refractivity contribution in [3.63, 3.8) is 0 Å². The van der Waals surface area contributed by atoms with Crippen LogP contribution >= 0.6 is 34.8 Å². The minimum absolute atomic E-state index is 0.170. The Kier molecular flexibility index (Phi) is 8.23. The van der Waals surface area contributed by atoms with Crippen LogP contribution in [0, 0.1) is 0 Å². The highest BCUT2D eigenvalue weighted by Crippen LogP contribution is 2.30. The molecule has 2 aromatic carbocycles. The molecule has 1 aliphatic rings. The lowest BCUT2D eigenvalue weighted by molar-refractivity contribution is -0.0714. The third kappa shape index (κ3) is 5.86.